The van der Waals surface area contributed by atoms with Gasteiger partial charge >= 0.3 is 6.18 Å². The quantitative estimate of drug-likeness (QED) is 0.468. The van der Waals surface area contributed by atoms with Crippen molar-refractivity contribution in [3.63, 3.8) is 0 Å². The maximum absolute atomic E-state index is 14.0. The smallest absolute Gasteiger partial charge is 0.337 e. The molecule has 2 fully saturated rings. The molecule has 3 nitrogen and oxygen atoms in total. The van der Waals surface area contributed by atoms with Crippen molar-refractivity contribution in [1.82, 2.24) is 9.88 Å². The first-order valence-electron chi connectivity index (χ1n) is 13.0. The van der Waals surface area contributed by atoms with E-state index in [0.717, 1.165) is 57.6 Å². The third-order valence-electron chi connectivity index (χ3n) is 8.98. The molecule has 0 radical (unpaired) electrons. The molecule has 1 amide bonds. The number of nitrogens with zero attached hydrogens (tertiary/aromatic N) is 2. The maximum Gasteiger partial charge on any atom is 0.417 e. The second kappa shape index (κ2) is 8.83. The molecule has 0 saturated heterocycles. The van der Waals surface area contributed by atoms with Crippen LogP contribution < -0.4 is 0 Å². The third-order valence-corrected chi connectivity index (χ3v) is 8.98. The molecule has 4 atom stereocenters. The lowest BCUT2D eigenvalue weighted by molar-refractivity contribution is -0.144. The van der Waals surface area contributed by atoms with Gasteiger partial charge in [0.2, 0.25) is 5.91 Å². The van der Waals surface area contributed by atoms with Gasteiger partial charge in [0.05, 0.1) is 11.0 Å². The number of rotatable bonds is 5. The number of hydrogen-bond acceptors (Lipinski definition) is 2. The number of aromatic nitrogens is 1. The Bertz CT molecular complexity index is 1030. The van der Waals surface area contributed by atoms with E-state index in [-0.39, 0.29) is 17.9 Å². The van der Waals surface area contributed by atoms with Gasteiger partial charge in [0.15, 0.2) is 0 Å². The number of allylic oxidation sites excluding steroid dienone is 4. The minimum absolute atomic E-state index is 0.180. The van der Waals surface area contributed by atoms with Crippen LogP contribution in [0, 0.1) is 23.2 Å². The van der Waals surface area contributed by atoms with E-state index in [1.807, 2.05) is 4.90 Å². The summed E-state index contributed by atoms with van der Waals surface area (Å²) in [5.41, 5.74) is 3.24. The van der Waals surface area contributed by atoms with Crippen LogP contribution in [-0.2, 0) is 23.9 Å². The molecule has 1 aromatic heterocycles. The Morgan fingerprint density at radius 1 is 1.29 bits per heavy atom. The summed E-state index contributed by atoms with van der Waals surface area (Å²) >= 11 is 0. The zero-order valence-corrected chi connectivity index (χ0v) is 20.3. The van der Waals surface area contributed by atoms with Crippen molar-refractivity contribution in [2.45, 2.75) is 84.4 Å². The Hall–Kier alpha value is -2.11. The van der Waals surface area contributed by atoms with Crippen LogP contribution in [0.4, 0.5) is 13.2 Å². The zero-order valence-electron chi connectivity index (χ0n) is 20.3. The molecule has 1 aromatic rings. The Balaban J connectivity index is 1.37. The minimum atomic E-state index is -4.42. The van der Waals surface area contributed by atoms with Gasteiger partial charge in [-0.2, -0.15) is 13.2 Å². The fourth-order valence-electron chi connectivity index (χ4n) is 7.43. The molecule has 1 aliphatic heterocycles. The van der Waals surface area contributed by atoms with Crippen molar-refractivity contribution in [2.24, 2.45) is 23.2 Å². The molecule has 2 heterocycles. The van der Waals surface area contributed by atoms with E-state index in [9.17, 15) is 18.0 Å². The van der Waals surface area contributed by atoms with Gasteiger partial charge in [-0.15, -0.1) is 0 Å². The summed E-state index contributed by atoms with van der Waals surface area (Å²) in [6.45, 7) is 5.25. The Labute approximate surface area is 200 Å². The monoisotopic (exact) mass is 472 g/mol. The van der Waals surface area contributed by atoms with Crippen LogP contribution >= 0.6 is 0 Å². The summed E-state index contributed by atoms with van der Waals surface area (Å²) in [6, 6.07) is 1.19. The van der Waals surface area contributed by atoms with Gasteiger partial charge in [0.25, 0.3) is 0 Å². The molecule has 2 saturated carbocycles. The number of pyridine rings is 1. The van der Waals surface area contributed by atoms with Crippen molar-refractivity contribution >= 4 is 5.91 Å². The maximum atomic E-state index is 14.0. The van der Waals surface area contributed by atoms with Crippen LogP contribution in [0.3, 0.4) is 0 Å². The number of fused-ring (bicyclic) bond motifs is 2. The van der Waals surface area contributed by atoms with E-state index in [0.29, 0.717) is 42.0 Å². The summed E-state index contributed by atoms with van der Waals surface area (Å²) in [6.07, 6.45) is 10.1. The van der Waals surface area contributed by atoms with Gasteiger partial charge in [-0.05, 0) is 67.6 Å². The van der Waals surface area contributed by atoms with Crippen LogP contribution in [0.15, 0.2) is 35.6 Å². The Morgan fingerprint density at radius 3 is 2.85 bits per heavy atom. The highest BCUT2D eigenvalue weighted by atomic mass is 19.4. The van der Waals surface area contributed by atoms with Gasteiger partial charge in [-0.1, -0.05) is 44.4 Å². The lowest BCUT2D eigenvalue weighted by Gasteiger charge is -2.37. The van der Waals surface area contributed by atoms with Gasteiger partial charge in [0, 0.05) is 37.3 Å². The highest BCUT2D eigenvalue weighted by Gasteiger charge is 2.57. The predicted molar refractivity (Wildman–Crippen MR) is 126 cm³/mol. The molecule has 3 aliphatic carbocycles. The van der Waals surface area contributed by atoms with Crippen LogP contribution in [0.25, 0.3) is 0 Å². The van der Waals surface area contributed by atoms with Crippen LogP contribution in [0.2, 0.25) is 0 Å². The normalized spacial score (nSPS) is 30.7. The van der Waals surface area contributed by atoms with Gasteiger partial charge < -0.3 is 4.90 Å². The highest BCUT2D eigenvalue weighted by Crippen LogP contribution is 2.60. The van der Waals surface area contributed by atoms with Crippen LogP contribution in [0.1, 0.15) is 82.0 Å². The lowest BCUT2D eigenvalue weighted by Crippen LogP contribution is -2.46. The highest BCUT2D eigenvalue weighted by molar-refractivity contribution is 5.84. The van der Waals surface area contributed by atoms with E-state index < -0.39 is 11.7 Å². The number of halogens is 3. The van der Waals surface area contributed by atoms with Crippen LogP contribution in [-0.4, -0.2) is 22.3 Å². The summed E-state index contributed by atoms with van der Waals surface area (Å²) in [7, 11) is 0. The molecule has 0 bridgehead atoms. The van der Waals surface area contributed by atoms with E-state index in [1.54, 1.807) is 5.57 Å². The van der Waals surface area contributed by atoms with Gasteiger partial charge in [0.1, 0.15) is 0 Å². The molecular formula is C28H35F3N2O. The third kappa shape index (κ3) is 3.91. The number of carbonyl (C=O) groups excluding carboxylic acids is 1. The molecule has 5 rings (SSSR count). The first-order chi connectivity index (χ1) is 16.3. The second-order valence-electron chi connectivity index (χ2n) is 10.8. The predicted octanol–water partition coefficient (Wildman–Crippen LogP) is 6.87. The molecule has 34 heavy (non-hydrogen) atoms. The molecule has 6 heteroatoms. The largest absolute Gasteiger partial charge is 0.417 e. The molecule has 0 aromatic carbocycles. The summed E-state index contributed by atoms with van der Waals surface area (Å²) in [5, 5.41) is 0. The van der Waals surface area contributed by atoms with Crippen molar-refractivity contribution in [3.05, 3.63) is 52.4 Å². The lowest BCUT2D eigenvalue weighted by atomic mass is 9.76. The van der Waals surface area contributed by atoms with E-state index in [1.165, 1.54) is 11.6 Å². The summed E-state index contributed by atoms with van der Waals surface area (Å²) < 4.78 is 39.7. The van der Waals surface area contributed by atoms with E-state index >= 15 is 0 Å². The molecular weight excluding hydrogens is 437 g/mol. The van der Waals surface area contributed by atoms with Crippen molar-refractivity contribution < 1.29 is 18.0 Å². The molecule has 4 aliphatic rings. The average molecular weight is 473 g/mol. The Kier molecular flexibility index (Phi) is 6.14. The first kappa shape index (κ1) is 23.6. The molecule has 1 unspecified atom stereocenters. The molecule has 0 spiro atoms. The standard InChI is InChI=1S/C28H35F3N2O/c1-3-6-23-18(4-2)8-9-24(23)19-13-21-7-5-11-27(21,15-19)26(34)33-12-10-25-20(17-33)14-22(16-32-25)28(29,30)31/h8-9,14,16,19,21,24H,3-7,10-13,15,17H2,1-2H3/t19-,21-,24?,27-/m1/s1. The van der Waals surface area contributed by atoms with Crippen molar-refractivity contribution in [3.8, 4) is 0 Å². The average Bonchev–Trinajstić information content (AvgIpc) is 3.50. The second-order valence-corrected chi connectivity index (χ2v) is 10.8. The van der Waals surface area contributed by atoms with E-state index in [4.69, 9.17) is 0 Å². The topological polar surface area (TPSA) is 33.2 Å². The zero-order chi connectivity index (χ0) is 24.1. The van der Waals surface area contributed by atoms with Crippen LogP contribution in [0.5, 0.6) is 0 Å². The first-order valence-corrected chi connectivity index (χ1v) is 13.0. The fourth-order valence-corrected chi connectivity index (χ4v) is 7.43. The van der Waals surface area contributed by atoms with Gasteiger partial charge in [-0.3, -0.25) is 9.78 Å². The number of alkyl halides is 3. The molecule has 0 N–H and O–H groups in total. The minimum Gasteiger partial charge on any atom is -0.337 e. The molecule has 184 valence electrons. The summed E-state index contributed by atoms with van der Waals surface area (Å²) in [4.78, 5) is 20.0. The van der Waals surface area contributed by atoms with Gasteiger partial charge in [-0.25, -0.2) is 0 Å². The summed E-state index contributed by atoms with van der Waals surface area (Å²) in [5.74, 6) is 1.52. The van der Waals surface area contributed by atoms with Crippen molar-refractivity contribution in [2.75, 3.05) is 6.54 Å². The fraction of sp³-hybridized carbons (Fsp3) is 0.643. The SMILES string of the molecule is CCCC1=C(CC)C=CC1[C@@H]1C[C@H]2CCC[C@@]2(C(=O)N2CCc3ncc(C(F)(F)F)cc3C2)C1. The number of hydrogen-bond donors (Lipinski definition) is 0. The van der Waals surface area contributed by atoms with Crippen molar-refractivity contribution in [1.29, 1.82) is 0 Å². The number of amides is 1. The van der Waals surface area contributed by atoms with E-state index in [2.05, 4.69) is 31.0 Å². The Morgan fingerprint density at radius 2 is 2.12 bits per heavy atom. The number of carbonyl (C=O) groups is 1.